The van der Waals surface area contributed by atoms with Gasteiger partial charge in [0.2, 0.25) is 0 Å². The first-order valence-corrected chi connectivity index (χ1v) is 11.3. The molecule has 30 heavy (non-hydrogen) atoms. The van der Waals surface area contributed by atoms with Gasteiger partial charge in [-0.2, -0.15) is 0 Å². The number of H-pyrrole nitrogens is 1. The first kappa shape index (κ1) is 20.8. The van der Waals surface area contributed by atoms with Crippen molar-refractivity contribution in [3.05, 3.63) is 47.5 Å². The molecule has 1 aromatic heterocycles. The van der Waals surface area contributed by atoms with E-state index in [1.165, 1.54) is 66.6 Å². The first-order chi connectivity index (χ1) is 14.7. The minimum absolute atomic E-state index is 0.673. The number of nitrogens with zero attached hydrogens (tertiary/aromatic N) is 1. The van der Waals surface area contributed by atoms with Crippen LogP contribution in [0.3, 0.4) is 0 Å². The summed E-state index contributed by atoms with van der Waals surface area (Å²) in [5.41, 5.74) is 6.40. The number of benzene rings is 2. The van der Waals surface area contributed by atoms with Gasteiger partial charge in [0, 0.05) is 22.2 Å². The second-order valence-electron chi connectivity index (χ2n) is 8.32. The summed E-state index contributed by atoms with van der Waals surface area (Å²) in [5.74, 6) is 2.19. The summed E-state index contributed by atoms with van der Waals surface area (Å²) < 4.78 is 10.9. The molecule has 0 saturated carbocycles. The number of methoxy groups -OCH3 is 2. The third-order valence-corrected chi connectivity index (χ3v) is 6.55. The summed E-state index contributed by atoms with van der Waals surface area (Å²) in [4.78, 5) is 6.28. The van der Waals surface area contributed by atoms with Crippen molar-refractivity contribution >= 4 is 10.9 Å². The van der Waals surface area contributed by atoms with Crippen molar-refractivity contribution in [1.82, 2.24) is 9.88 Å². The molecule has 0 unspecified atom stereocenters. The second-order valence-corrected chi connectivity index (χ2v) is 8.32. The minimum Gasteiger partial charge on any atom is -0.493 e. The number of piperidine rings is 1. The van der Waals surface area contributed by atoms with Gasteiger partial charge in [-0.25, -0.2) is 0 Å². The summed E-state index contributed by atoms with van der Waals surface area (Å²) in [5, 5.41) is 1.36. The van der Waals surface area contributed by atoms with Crippen molar-refractivity contribution in [2.75, 3.05) is 33.9 Å². The number of fused-ring (bicyclic) bond motifs is 1. The molecule has 2 heterocycles. The molecule has 2 aromatic carbocycles. The van der Waals surface area contributed by atoms with E-state index in [2.05, 4.69) is 54.1 Å². The SMILES string of the molecule is CCCN1CCC(c2ccc3[nH]c(-c4ccc(OC)c(OC)c4)c(CC)c3c2)CC1. The molecule has 3 aromatic rings. The standard InChI is InChI=1S/C26H34N2O2/c1-5-13-28-14-11-18(12-15-28)19-7-9-23-22(16-19)21(6-2)26(27-23)20-8-10-24(29-3)25(17-20)30-4/h7-10,16-18,27H,5-6,11-15H2,1-4H3. The molecular weight excluding hydrogens is 372 g/mol. The van der Waals surface area contributed by atoms with E-state index in [1.807, 2.05) is 6.07 Å². The Morgan fingerprint density at radius 3 is 2.40 bits per heavy atom. The quantitative estimate of drug-likeness (QED) is 0.522. The number of nitrogens with one attached hydrogen (secondary N) is 1. The van der Waals surface area contributed by atoms with E-state index in [-0.39, 0.29) is 0 Å². The Bertz CT molecular complexity index is 1000. The van der Waals surface area contributed by atoms with E-state index >= 15 is 0 Å². The second kappa shape index (κ2) is 9.13. The molecule has 0 atom stereocenters. The Morgan fingerprint density at radius 2 is 1.73 bits per heavy atom. The summed E-state index contributed by atoms with van der Waals surface area (Å²) in [6.45, 7) is 8.19. The molecule has 4 heteroatoms. The summed E-state index contributed by atoms with van der Waals surface area (Å²) >= 11 is 0. The van der Waals surface area contributed by atoms with Gasteiger partial charge in [-0.3, -0.25) is 0 Å². The fraction of sp³-hybridized carbons (Fsp3) is 0.462. The third kappa shape index (κ3) is 3.93. The van der Waals surface area contributed by atoms with Crippen LogP contribution in [0, 0.1) is 0 Å². The van der Waals surface area contributed by atoms with Crippen molar-refractivity contribution in [1.29, 1.82) is 0 Å². The lowest BCUT2D eigenvalue weighted by molar-refractivity contribution is 0.213. The number of aromatic nitrogens is 1. The minimum atomic E-state index is 0.673. The molecule has 4 rings (SSSR count). The fourth-order valence-electron chi connectivity index (χ4n) is 4.93. The van der Waals surface area contributed by atoms with E-state index in [4.69, 9.17) is 9.47 Å². The van der Waals surface area contributed by atoms with Gasteiger partial charge >= 0.3 is 0 Å². The van der Waals surface area contributed by atoms with Crippen molar-refractivity contribution < 1.29 is 9.47 Å². The van der Waals surface area contributed by atoms with Crippen molar-refractivity contribution in [3.8, 4) is 22.8 Å². The van der Waals surface area contributed by atoms with Crippen LogP contribution in [0.1, 0.15) is 50.2 Å². The van der Waals surface area contributed by atoms with Crippen LogP contribution in [0.15, 0.2) is 36.4 Å². The molecule has 1 N–H and O–H groups in total. The van der Waals surface area contributed by atoms with E-state index in [0.717, 1.165) is 23.5 Å². The fourth-order valence-corrected chi connectivity index (χ4v) is 4.93. The Morgan fingerprint density at radius 1 is 0.967 bits per heavy atom. The highest BCUT2D eigenvalue weighted by Gasteiger charge is 2.21. The van der Waals surface area contributed by atoms with Crippen molar-refractivity contribution in [2.45, 2.75) is 45.4 Å². The number of aromatic amines is 1. The topological polar surface area (TPSA) is 37.5 Å². The summed E-state index contributed by atoms with van der Waals surface area (Å²) in [6, 6.07) is 13.2. The molecule has 1 aliphatic heterocycles. The summed E-state index contributed by atoms with van der Waals surface area (Å²) in [6.07, 6.45) is 4.76. The first-order valence-electron chi connectivity index (χ1n) is 11.3. The Hall–Kier alpha value is -2.46. The third-order valence-electron chi connectivity index (χ3n) is 6.55. The van der Waals surface area contributed by atoms with Crippen LogP contribution in [-0.2, 0) is 6.42 Å². The zero-order chi connectivity index (χ0) is 21.1. The Kier molecular flexibility index (Phi) is 6.33. The lowest BCUT2D eigenvalue weighted by atomic mass is 9.88. The van der Waals surface area contributed by atoms with Gasteiger partial charge in [0.1, 0.15) is 0 Å². The highest BCUT2D eigenvalue weighted by molar-refractivity contribution is 5.91. The van der Waals surface area contributed by atoms with Gasteiger partial charge in [0.25, 0.3) is 0 Å². The molecule has 0 spiro atoms. The predicted octanol–water partition coefficient (Wildman–Crippen LogP) is 6.00. The number of hydrogen-bond donors (Lipinski definition) is 1. The molecule has 4 nitrogen and oxygen atoms in total. The number of aryl methyl sites for hydroxylation is 1. The highest BCUT2D eigenvalue weighted by atomic mass is 16.5. The van der Waals surface area contributed by atoms with Gasteiger partial charge < -0.3 is 19.4 Å². The molecule has 1 saturated heterocycles. The zero-order valence-corrected chi connectivity index (χ0v) is 18.8. The molecule has 160 valence electrons. The highest BCUT2D eigenvalue weighted by Crippen LogP contribution is 2.38. The lowest BCUT2D eigenvalue weighted by Gasteiger charge is -2.32. The van der Waals surface area contributed by atoms with Gasteiger partial charge in [-0.05, 0) is 92.7 Å². The van der Waals surface area contributed by atoms with Crippen LogP contribution in [0.2, 0.25) is 0 Å². The average Bonchev–Trinajstić information content (AvgIpc) is 3.17. The van der Waals surface area contributed by atoms with Crippen LogP contribution in [0.5, 0.6) is 11.5 Å². The smallest absolute Gasteiger partial charge is 0.161 e. The Balaban J connectivity index is 1.67. The monoisotopic (exact) mass is 406 g/mol. The van der Waals surface area contributed by atoms with E-state index < -0.39 is 0 Å². The molecule has 0 radical (unpaired) electrons. The predicted molar refractivity (Wildman–Crippen MR) is 125 cm³/mol. The van der Waals surface area contributed by atoms with Gasteiger partial charge in [-0.1, -0.05) is 19.9 Å². The molecule has 1 fully saturated rings. The molecule has 1 aliphatic rings. The van der Waals surface area contributed by atoms with Gasteiger partial charge in [0.15, 0.2) is 11.5 Å². The average molecular weight is 407 g/mol. The van der Waals surface area contributed by atoms with E-state index in [0.29, 0.717) is 5.92 Å². The maximum absolute atomic E-state index is 5.53. The van der Waals surface area contributed by atoms with Crippen LogP contribution >= 0.6 is 0 Å². The molecule has 0 amide bonds. The molecule has 0 bridgehead atoms. The number of hydrogen-bond acceptors (Lipinski definition) is 3. The maximum atomic E-state index is 5.53. The largest absolute Gasteiger partial charge is 0.493 e. The number of rotatable bonds is 7. The van der Waals surface area contributed by atoms with Crippen LogP contribution in [-0.4, -0.2) is 43.7 Å². The van der Waals surface area contributed by atoms with Crippen molar-refractivity contribution in [3.63, 3.8) is 0 Å². The van der Waals surface area contributed by atoms with Gasteiger partial charge in [-0.15, -0.1) is 0 Å². The Labute approximate surface area is 180 Å². The summed E-state index contributed by atoms with van der Waals surface area (Å²) in [7, 11) is 3.36. The maximum Gasteiger partial charge on any atom is 0.161 e. The zero-order valence-electron chi connectivity index (χ0n) is 18.8. The van der Waals surface area contributed by atoms with Crippen LogP contribution in [0.25, 0.3) is 22.2 Å². The van der Waals surface area contributed by atoms with Gasteiger partial charge in [0.05, 0.1) is 14.2 Å². The number of likely N-dealkylation sites (tertiary alicyclic amines) is 1. The van der Waals surface area contributed by atoms with E-state index in [1.54, 1.807) is 14.2 Å². The van der Waals surface area contributed by atoms with Crippen molar-refractivity contribution in [2.24, 2.45) is 0 Å². The van der Waals surface area contributed by atoms with Crippen LogP contribution in [0.4, 0.5) is 0 Å². The molecule has 0 aliphatic carbocycles. The van der Waals surface area contributed by atoms with E-state index in [9.17, 15) is 0 Å². The lowest BCUT2D eigenvalue weighted by Crippen LogP contribution is -2.33. The molecular formula is C26H34N2O2. The number of ether oxygens (including phenoxy) is 2. The normalized spacial score (nSPS) is 15.6. The van der Waals surface area contributed by atoms with Crippen LogP contribution < -0.4 is 9.47 Å².